The molecule has 1 fully saturated rings. The van der Waals surface area contributed by atoms with Crippen LogP contribution in [0, 0.1) is 30.1 Å². The molecule has 4 heteroatoms. The fraction of sp³-hybridized carbons (Fsp3) is 0.444. The Labute approximate surface area is 131 Å². The minimum atomic E-state index is -0.390. The van der Waals surface area contributed by atoms with Crippen molar-refractivity contribution in [3.63, 3.8) is 0 Å². The van der Waals surface area contributed by atoms with Crippen LogP contribution in [0.5, 0.6) is 0 Å². The topological polar surface area (TPSA) is 36.9 Å². The Kier molecular flexibility index (Phi) is 6.45. The Balaban J connectivity index is 1.94. The van der Waals surface area contributed by atoms with Crippen molar-refractivity contribution in [2.75, 3.05) is 39.6 Å². The summed E-state index contributed by atoms with van der Waals surface area (Å²) >= 11 is 0. The highest BCUT2D eigenvalue weighted by atomic mass is 16.7. The lowest BCUT2D eigenvalue weighted by atomic mass is 9.91. The summed E-state index contributed by atoms with van der Waals surface area (Å²) < 4.78 is 22.7. The van der Waals surface area contributed by atoms with Gasteiger partial charge in [0.1, 0.15) is 13.2 Å². The Hall–Kier alpha value is -1.82. The maximum absolute atomic E-state index is 5.86. The first-order valence-corrected chi connectivity index (χ1v) is 7.10. The van der Waals surface area contributed by atoms with Crippen molar-refractivity contribution in [2.45, 2.75) is 6.29 Å². The van der Waals surface area contributed by atoms with E-state index in [2.05, 4.69) is 11.8 Å². The standard InChI is InChI=1S/C18H20O4/c1-3-10-19-12-18(13-20-11-4-2)14-21-17(22-15-18)16-8-6-5-7-9-16/h1-2,5-9,17H,10-15H2. The van der Waals surface area contributed by atoms with Crippen LogP contribution >= 0.6 is 0 Å². The summed E-state index contributed by atoms with van der Waals surface area (Å²) in [4.78, 5) is 0. The predicted octanol–water partition coefficient (Wildman–Crippen LogP) is 2.02. The molecule has 0 amide bonds. The lowest BCUT2D eigenvalue weighted by Crippen LogP contribution is -2.46. The molecule has 0 N–H and O–H groups in total. The monoisotopic (exact) mass is 300 g/mol. The molecule has 1 aromatic carbocycles. The molecule has 0 spiro atoms. The minimum absolute atomic E-state index is 0.249. The van der Waals surface area contributed by atoms with Crippen molar-refractivity contribution >= 4 is 0 Å². The molecule has 4 nitrogen and oxygen atoms in total. The molecule has 1 aliphatic rings. The van der Waals surface area contributed by atoms with Crippen molar-refractivity contribution in [1.82, 2.24) is 0 Å². The quantitative estimate of drug-likeness (QED) is 0.570. The first kappa shape index (κ1) is 16.5. The van der Waals surface area contributed by atoms with Gasteiger partial charge >= 0.3 is 0 Å². The van der Waals surface area contributed by atoms with Crippen LogP contribution in [0.3, 0.4) is 0 Å². The Morgan fingerprint density at radius 2 is 1.55 bits per heavy atom. The molecule has 0 radical (unpaired) electrons. The predicted molar refractivity (Wildman–Crippen MR) is 82.8 cm³/mol. The van der Waals surface area contributed by atoms with Crippen LogP contribution in [0.4, 0.5) is 0 Å². The molecule has 0 saturated carbocycles. The van der Waals surface area contributed by atoms with Crippen molar-refractivity contribution < 1.29 is 18.9 Å². The molecule has 0 bridgehead atoms. The lowest BCUT2D eigenvalue weighted by molar-refractivity contribution is -0.253. The lowest BCUT2D eigenvalue weighted by Gasteiger charge is -2.39. The number of terminal acetylenes is 2. The van der Waals surface area contributed by atoms with Gasteiger partial charge in [-0.15, -0.1) is 12.8 Å². The van der Waals surface area contributed by atoms with Gasteiger partial charge in [0.25, 0.3) is 0 Å². The third-order valence-corrected chi connectivity index (χ3v) is 3.34. The molecule has 116 valence electrons. The van der Waals surface area contributed by atoms with E-state index in [1.165, 1.54) is 0 Å². The van der Waals surface area contributed by atoms with Gasteiger partial charge in [-0.25, -0.2) is 0 Å². The number of ether oxygens (including phenoxy) is 4. The van der Waals surface area contributed by atoms with E-state index in [9.17, 15) is 0 Å². The summed E-state index contributed by atoms with van der Waals surface area (Å²) in [5, 5.41) is 0. The van der Waals surface area contributed by atoms with E-state index in [1.54, 1.807) is 0 Å². The zero-order valence-corrected chi connectivity index (χ0v) is 12.5. The highest BCUT2D eigenvalue weighted by Crippen LogP contribution is 2.32. The number of hydrogen-bond donors (Lipinski definition) is 0. The first-order chi connectivity index (χ1) is 10.8. The van der Waals surface area contributed by atoms with Crippen LogP contribution in [0.15, 0.2) is 30.3 Å². The number of rotatable bonds is 7. The molecule has 1 aliphatic heterocycles. The Bertz CT molecular complexity index is 496. The van der Waals surface area contributed by atoms with Crippen LogP contribution in [-0.4, -0.2) is 39.6 Å². The van der Waals surface area contributed by atoms with E-state index in [1.807, 2.05) is 30.3 Å². The molecular formula is C18H20O4. The summed E-state index contributed by atoms with van der Waals surface area (Å²) in [5.41, 5.74) is 0.601. The van der Waals surface area contributed by atoms with Gasteiger partial charge < -0.3 is 18.9 Å². The van der Waals surface area contributed by atoms with Crippen LogP contribution in [0.2, 0.25) is 0 Å². The fourth-order valence-corrected chi connectivity index (χ4v) is 2.26. The summed E-state index contributed by atoms with van der Waals surface area (Å²) in [5.74, 6) is 4.90. The highest BCUT2D eigenvalue weighted by Gasteiger charge is 2.38. The van der Waals surface area contributed by atoms with Gasteiger partial charge in [-0.3, -0.25) is 0 Å². The maximum atomic E-state index is 5.86. The van der Waals surface area contributed by atoms with Gasteiger partial charge in [0.2, 0.25) is 0 Å². The fourth-order valence-electron chi connectivity index (χ4n) is 2.26. The molecule has 0 unspecified atom stereocenters. The zero-order chi connectivity index (χ0) is 15.7. The zero-order valence-electron chi connectivity index (χ0n) is 12.5. The van der Waals surface area contributed by atoms with Gasteiger partial charge in [-0.1, -0.05) is 42.2 Å². The average molecular weight is 300 g/mol. The second-order valence-electron chi connectivity index (χ2n) is 5.26. The maximum Gasteiger partial charge on any atom is 0.183 e. The summed E-state index contributed by atoms with van der Waals surface area (Å²) in [6, 6.07) is 9.81. The van der Waals surface area contributed by atoms with Gasteiger partial charge in [0, 0.05) is 5.56 Å². The van der Waals surface area contributed by atoms with E-state index in [4.69, 9.17) is 31.8 Å². The summed E-state index contributed by atoms with van der Waals surface area (Å²) in [6.45, 7) is 2.23. The molecular weight excluding hydrogens is 280 g/mol. The van der Waals surface area contributed by atoms with E-state index < -0.39 is 0 Å². The normalized spacial score (nSPS) is 17.5. The first-order valence-electron chi connectivity index (χ1n) is 7.10. The smallest absolute Gasteiger partial charge is 0.183 e. The van der Waals surface area contributed by atoms with Gasteiger partial charge in [0.05, 0.1) is 31.8 Å². The average Bonchev–Trinajstić information content (AvgIpc) is 2.57. The number of hydrogen-bond acceptors (Lipinski definition) is 4. The molecule has 1 saturated heterocycles. The molecule has 0 aromatic heterocycles. The largest absolute Gasteiger partial charge is 0.368 e. The Morgan fingerprint density at radius 1 is 1.00 bits per heavy atom. The second kappa shape index (κ2) is 8.58. The van der Waals surface area contributed by atoms with E-state index in [-0.39, 0.29) is 24.9 Å². The third kappa shape index (κ3) is 4.59. The van der Waals surface area contributed by atoms with Crippen LogP contribution < -0.4 is 0 Å². The van der Waals surface area contributed by atoms with E-state index in [0.29, 0.717) is 26.4 Å². The molecule has 1 aromatic rings. The van der Waals surface area contributed by atoms with Crippen molar-refractivity contribution in [2.24, 2.45) is 5.41 Å². The SMILES string of the molecule is C#CCOCC1(COCC#C)COC(c2ccccc2)OC1. The van der Waals surface area contributed by atoms with Crippen LogP contribution in [0.25, 0.3) is 0 Å². The number of benzene rings is 1. The van der Waals surface area contributed by atoms with E-state index in [0.717, 1.165) is 5.56 Å². The van der Waals surface area contributed by atoms with Crippen LogP contribution in [0.1, 0.15) is 11.9 Å². The molecule has 1 heterocycles. The molecule has 0 aliphatic carbocycles. The highest BCUT2D eigenvalue weighted by molar-refractivity contribution is 5.16. The Morgan fingerprint density at radius 3 is 2.05 bits per heavy atom. The molecule has 22 heavy (non-hydrogen) atoms. The van der Waals surface area contributed by atoms with Crippen LogP contribution in [-0.2, 0) is 18.9 Å². The molecule has 0 atom stereocenters. The minimum Gasteiger partial charge on any atom is -0.368 e. The van der Waals surface area contributed by atoms with Crippen molar-refractivity contribution in [3.05, 3.63) is 35.9 Å². The summed E-state index contributed by atoms with van der Waals surface area (Å²) in [6.07, 6.45) is 10.1. The van der Waals surface area contributed by atoms with Gasteiger partial charge in [-0.05, 0) is 0 Å². The van der Waals surface area contributed by atoms with Crippen molar-refractivity contribution in [1.29, 1.82) is 0 Å². The molecule has 2 rings (SSSR count). The second-order valence-corrected chi connectivity index (χ2v) is 5.26. The summed E-state index contributed by atoms with van der Waals surface area (Å²) in [7, 11) is 0. The van der Waals surface area contributed by atoms with Crippen molar-refractivity contribution in [3.8, 4) is 24.7 Å². The third-order valence-electron chi connectivity index (χ3n) is 3.34. The van der Waals surface area contributed by atoms with Gasteiger partial charge in [0.15, 0.2) is 6.29 Å². The van der Waals surface area contributed by atoms with Gasteiger partial charge in [-0.2, -0.15) is 0 Å². The van der Waals surface area contributed by atoms with E-state index >= 15 is 0 Å².